The summed E-state index contributed by atoms with van der Waals surface area (Å²) in [4.78, 5) is 0.277. The van der Waals surface area contributed by atoms with Crippen molar-refractivity contribution in [3.8, 4) is 0 Å². The van der Waals surface area contributed by atoms with Crippen LogP contribution in [-0.2, 0) is 6.42 Å². The Morgan fingerprint density at radius 3 is 2.42 bits per heavy atom. The van der Waals surface area contributed by atoms with Gasteiger partial charge in [-0.3, -0.25) is 0 Å². The molecule has 0 saturated carbocycles. The van der Waals surface area contributed by atoms with E-state index in [1.54, 1.807) is 6.07 Å². The molecule has 0 radical (unpaired) electrons. The lowest BCUT2D eigenvalue weighted by molar-refractivity contribution is 0.559. The molecule has 0 aliphatic heterocycles. The zero-order valence-corrected chi connectivity index (χ0v) is 13.2. The summed E-state index contributed by atoms with van der Waals surface area (Å²) in [6, 6.07) is 3.82. The molecule has 3 heteroatoms. The highest BCUT2D eigenvalue weighted by atomic mass is 79.9. The quantitative estimate of drug-likeness (QED) is 0.383. The van der Waals surface area contributed by atoms with Gasteiger partial charge in [0.1, 0.15) is 11.6 Å². The van der Waals surface area contributed by atoms with E-state index in [4.69, 9.17) is 0 Å². The number of rotatable bonds is 9. The molecule has 0 spiro atoms. The average Bonchev–Trinajstić information content (AvgIpc) is 2.37. The predicted octanol–water partition coefficient (Wildman–Crippen LogP) is 6.02. The Morgan fingerprint density at radius 1 is 1.05 bits per heavy atom. The lowest BCUT2D eigenvalue weighted by Gasteiger charge is -2.10. The van der Waals surface area contributed by atoms with Gasteiger partial charge >= 0.3 is 0 Å². The summed E-state index contributed by atoms with van der Waals surface area (Å²) in [7, 11) is 0. The minimum atomic E-state index is -0.511. The maximum atomic E-state index is 13.5. The van der Waals surface area contributed by atoms with Gasteiger partial charge in [0.05, 0.1) is 0 Å². The average molecular weight is 333 g/mol. The first-order valence-electron chi connectivity index (χ1n) is 7.21. The van der Waals surface area contributed by atoms with Crippen LogP contribution < -0.4 is 0 Å². The van der Waals surface area contributed by atoms with E-state index >= 15 is 0 Å². The zero-order chi connectivity index (χ0) is 14.1. The van der Waals surface area contributed by atoms with Crippen LogP contribution in [-0.4, -0.2) is 4.83 Å². The van der Waals surface area contributed by atoms with Crippen LogP contribution in [0, 0.1) is 11.6 Å². The van der Waals surface area contributed by atoms with Crippen LogP contribution in [0.2, 0.25) is 0 Å². The highest BCUT2D eigenvalue weighted by Crippen LogP contribution is 2.20. The van der Waals surface area contributed by atoms with Crippen LogP contribution in [0.1, 0.15) is 57.4 Å². The molecule has 0 bridgehead atoms. The van der Waals surface area contributed by atoms with Gasteiger partial charge in [0.2, 0.25) is 0 Å². The van der Waals surface area contributed by atoms with Crippen molar-refractivity contribution in [2.45, 2.75) is 63.1 Å². The van der Waals surface area contributed by atoms with E-state index in [0.29, 0.717) is 12.0 Å². The van der Waals surface area contributed by atoms with Crippen molar-refractivity contribution in [1.29, 1.82) is 0 Å². The van der Waals surface area contributed by atoms with Gasteiger partial charge in [-0.25, -0.2) is 8.78 Å². The Bertz CT molecular complexity index is 366. The van der Waals surface area contributed by atoms with E-state index < -0.39 is 11.6 Å². The van der Waals surface area contributed by atoms with Gasteiger partial charge < -0.3 is 0 Å². The molecule has 0 amide bonds. The van der Waals surface area contributed by atoms with Crippen LogP contribution in [0.3, 0.4) is 0 Å². The van der Waals surface area contributed by atoms with Gasteiger partial charge in [0, 0.05) is 10.9 Å². The van der Waals surface area contributed by atoms with Crippen LogP contribution >= 0.6 is 15.9 Å². The number of hydrogen-bond donors (Lipinski definition) is 0. The van der Waals surface area contributed by atoms with E-state index in [1.165, 1.54) is 44.6 Å². The summed E-state index contributed by atoms with van der Waals surface area (Å²) in [5, 5.41) is 0. The predicted molar refractivity (Wildman–Crippen MR) is 80.8 cm³/mol. The maximum absolute atomic E-state index is 13.5. The molecule has 0 saturated heterocycles. The third-order valence-corrected chi connectivity index (χ3v) is 4.11. The van der Waals surface area contributed by atoms with Crippen molar-refractivity contribution in [3.05, 3.63) is 35.4 Å². The molecule has 0 nitrogen and oxygen atoms in total. The summed E-state index contributed by atoms with van der Waals surface area (Å²) in [5.74, 6) is -0.948. The number of unbranched alkanes of at least 4 members (excludes halogenated alkanes) is 5. The lowest BCUT2D eigenvalue weighted by Crippen LogP contribution is -2.05. The third kappa shape index (κ3) is 7.05. The van der Waals surface area contributed by atoms with E-state index in [1.807, 2.05) is 0 Å². The molecule has 0 aliphatic carbocycles. The van der Waals surface area contributed by atoms with Crippen molar-refractivity contribution in [3.63, 3.8) is 0 Å². The van der Waals surface area contributed by atoms with Crippen LogP contribution in [0.15, 0.2) is 18.2 Å². The third-order valence-electron chi connectivity index (χ3n) is 3.33. The largest absolute Gasteiger partial charge is 0.207 e. The first-order valence-corrected chi connectivity index (χ1v) is 8.13. The molecular weight excluding hydrogens is 310 g/mol. The second-order valence-electron chi connectivity index (χ2n) is 5.09. The standard InChI is InChI=1S/C16H23BrF2/c1-2-3-4-5-6-7-8-14(17)11-13-9-10-15(18)12-16(13)19/h9-10,12,14H,2-8,11H2,1H3. The summed E-state index contributed by atoms with van der Waals surface area (Å²) >= 11 is 3.59. The molecule has 0 fully saturated rings. The molecule has 0 N–H and O–H groups in total. The number of benzene rings is 1. The monoisotopic (exact) mass is 332 g/mol. The van der Waals surface area contributed by atoms with E-state index in [9.17, 15) is 8.78 Å². The topological polar surface area (TPSA) is 0 Å². The zero-order valence-electron chi connectivity index (χ0n) is 11.6. The van der Waals surface area contributed by atoms with E-state index in [2.05, 4.69) is 22.9 Å². The fourth-order valence-electron chi connectivity index (χ4n) is 2.17. The fraction of sp³-hybridized carbons (Fsp3) is 0.625. The summed E-state index contributed by atoms with van der Waals surface area (Å²) in [6.07, 6.45) is 9.28. The van der Waals surface area contributed by atoms with Gasteiger partial charge in [0.15, 0.2) is 0 Å². The Morgan fingerprint density at radius 2 is 1.74 bits per heavy atom. The second-order valence-corrected chi connectivity index (χ2v) is 6.39. The van der Waals surface area contributed by atoms with Crippen molar-refractivity contribution in [1.82, 2.24) is 0 Å². The number of alkyl halides is 1. The van der Waals surface area contributed by atoms with Crippen LogP contribution in [0.25, 0.3) is 0 Å². The minimum absolute atomic E-state index is 0.277. The smallest absolute Gasteiger partial charge is 0.129 e. The molecule has 0 heterocycles. The Hall–Kier alpha value is -0.440. The normalized spacial score (nSPS) is 12.6. The minimum Gasteiger partial charge on any atom is -0.207 e. The molecule has 1 atom stereocenters. The summed E-state index contributed by atoms with van der Waals surface area (Å²) in [6.45, 7) is 2.21. The van der Waals surface area contributed by atoms with E-state index in [-0.39, 0.29) is 4.83 Å². The van der Waals surface area contributed by atoms with Gasteiger partial charge in [0.25, 0.3) is 0 Å². The molecule has 1 aromatic rings. The summed E-state index contributed by atoms with van der Waals surface area (Å²) < 4.78 is 26.3. The molecule has 1 aromatic carbocycles. The van der Waals surface area contributed by atoms with E-state index in [0.717, 1.165) is 12.5 Å². The highest BCUT2D eigenvalue weighted by molar-refractivity contribution is 9.09. The van der Waals surface area contributed by atoms with Crippen molar-refractivity contribution >= 4 is 15.9 Å². The molecular formula is C16H23BrF2. The SMILES string of the molecule is CCCCCCCCC(Br)Cc1ccc(F)cc1F. The molecule has 0 aromatic heterocycles. The van der Waals surface area contributed by atoms with Crippen molar-refractivity contribution in [2.75, 3.05) is 0 Å². The van der Waals surface area contributed by atoms with Crippen LogP contribution in [0.4, 0.5) is 8.78 Å². The van der Waals surface area contributed by atoms with Gasteiger partial charge in [-0.05, 0) is 24.5 Å². The number of hydrogen-bond acceptors (Lipinski definition) is 0. The first kappa shape index (κ1) is 16.6. The van der Waals surface area contributed by atoms with Gasteiger partial charge in [-0.15, -0.1) is 0 Å². The maximum Gasteiger partial charge on any atom is 0.129 e. The van der Waals surface area contributed by atoms with Crippen molar-refractivity contribution < 1.29 is 8.78 Å². The molecule has 1 rings (SSSR count). The second kappa shape index (κ2) is 9.46. The van der Waals surface area contributed by atoms with Gasteiger partial charge in [-0.2, -0.15) is 0 Å². The lowest BCUT2D eigenvalue weighted by atomic mass is 10.0. The van der Waals surface area contributed by atoms with Crippen molar-refractivity contribution in [2.24, 2.45) is 0 Å². The molecule has 108 valence electrons. The Labute approximate surface area is 123 Å². The Balaban J connectivity index is 2.21. The highest BCUT2D eigenvalue weighted by Gasteiger charge is 2.10. The van der Waals surface area contributed by atoms with Crippen LogP contribution in [0.5, 0.6) is 0 Å². The molecule has 0 aliphatic rings. The van der Waals surface area contributed by atoms with Gasteiger partial charge in [-0.1, -0.05) is 67.4 Å². The Kier molecular flexibility index (Phi) is 8.27. The molecule has 19 heavy (non-hydrogen) atoms. The molecule has 1 unspecified atom stereocenters. The first-order chi connectivity index (χ1) is 9.13. The number of halogens is 3. The summed E-state index contributed by atoms with van der Waals surface area (Å²) in [5.41, 5.74) is 0.592. The fourth-order valence-corrected chi connectivity index (χ4v) is 2.85.